The van der Waals surface area contributed by atoms with Crippen LogP contribution in [0.3, 0.4) is 0 Å². The lowest BCUT2D eigenvalue weighted by Crippen LogP contribution is -2.37. The molecule has 2 atom stereocenters. The van der Waals surface area contributed by atoms with Gasteiger partial charge in [-0.2, -0.15) is 0 Å². The molecular weight excluding hydrogens is 390 g/mol. The summed E-state index contributed by atoms with van der Waals surface area (Å²) in [4.78, 5) is 26.2. The topological polar surface area (TPSA) is 70.7 Å². The van der Waals surface area contributed by atoms with Gasteiger partial charge in [-0.3, -0.25) is 14.5 Å². The van der Waals surface area contributed by atoms with Crippen LogP contribution in [0.2, 0.25) is 0 Å². The molecule has 2 aromatic rings. The average molecular weight is 422 g/mol. The van der Waals surface area contributed by atoms with Crippen molar-refractivity contribution in [3.8, 4) is 5.75 Å². The van der Waals surface area contributed by atoms with Crippen LogP contribution in [-0.2, 0) is 16.0 Å². The number of hydrogen-bond acceptors (Lipinski definition) is 4. The number of anilines is 1. The third-order valence-corrected chi connectivity index (χ3v) is 6.20. The molecule has 0 bridgehead atoms. The largest absolute Gasteiger partial charge is 0.494 e. The van der Waals surface area contributed by atoms with Crippen molar-refractivity contribution in [2.75, 3.05) is 25.0 Å². The smallest absolute Gasteiger partial charge is 0.224 e. The maximum atomic E-state index is 12.4. The van der Waals surface area contributed by atoms with Crippen molar-refractivity contribution in [3.63, 3.8) is 0 Å². The quantitative estimate of drug-likeness (QED) is 0.638. The molecule has 0 radical (unpaired) electrons. The van der Waals surface area contributed by atoms with Gasteiger partial charge in [-0.15, -0.1) is 0 Å². The lowest BCUT2D eigenvalue weighted by Gasteiger charge is -2.24. The minimum absolute atomic E-state index is 0.0621. The number of hydrogen-bond donors (Lipinski definition) is 2. The average Bonchev–Trinajstić information content (AvgIpc) is 3.25. The molecule has 0 aromatic heterocycles. The number of carbonyl (C=O) groups is 2. The number of benzene rings is 2. The molecule has 6 heteroatoms. The summed E-state index contributed by atoms with van der Waals surface area (Å²) in [5.41, 5.74) is 3.29. The van der Waals surface area contributed by atoms with E-state index in [1.54, 1.807) is 0 Å². The molecule has 2 unspecified atom stereocenters. The van der Waals surface area contributed by atoms with Gasteiger partial charge in [0.2, 0.25) is 11.8 Å². The van der Waals surface area contributed by atoms with Crippen LogP contribution >= 0.6 is 0 Å². The molecule has 2 heterocycles. The molecular formula is C25H31N3O3. The Balaban J connectivity index is 1.15. The summed E-state index contributed by atoms with van der Waals surface area (Å²) < 4.78 is 5.82. The zero-order chi connectivity index (χ0) is 21.6. The Labute approximate surface area is 184 Å². The third-order valence-electron chi connectivity index (χ3n) is 6.20. The van der Waals surface area contributed by atoms with E-state index in [-0.39, 0.29) is 17.9 Å². The summed E-state index contributed by atoms with van der Waals surface area (Å²) in [6.45, 7) is 4.62. The Morgan fingerprint density at radius 1 is 1.23 bits per heavy atom. The third kappa shape index (κ3) is 5.64. The number of likely N-dealkylation sites (tertiary alicyclic amines) is 1. The van der Waals surface area contributed by atoms with E-state index in [9.17, 15) is 9.59 Å². The number of amides is 2. The van der Waals surface area contributed by atoms with Crippen LogP contribution in [0.25, 0.3) is 0 Å². The van der Waals surface area contributed by atoms with Crippen molar-refractivity contribution in [1.29, 1.82) is 0 Å². The van der Waals surface area contributed by atoms with Gasteiger partial charge < -0.3 is 15.4 Å². The van der Waals surface area contributed by atoms with Crippen LogP contribution in [0.4, 0.5) is 5.69 Å². The van der Waals surface area contributed by atoms with Gasteiger partial charge >= 0.3 is 0 Å². The predicted octanol–water partition coefficient (Wildman–Crippen LogP) is 3.68. The van der Waals surface area contributed by atoms with E-state index in [1.165, 1.54) is 5.56 Å². The van der Waals surface area contributed by atoms with Gasteiger partial charge in [-0.1, -0.05) is 30.3 Å². The molecule has 0 saturated carbocycles. The summed E-state index contributed by atoms with van der Waals surface area (Å²) in [6, 6.07) is 16.8. The van der Waals surface area contributed by atoms with E-state index in [2.05, 4.69) is 46.7 Å². The molecule has 164 valence electrons. The summed E-state index contributed by atoms with van der Waals surface area (Å²) in [5.74, 6) is 0.944. The second-order valence-electron chi connectivity index (χ2n) is 8.45. The maximum Gasteiger partial charge on any atom is 0.224 e. The highest BCUT2D eigenvalue weighted by atomic mass is 16.5. The summed E-state index contributed by atoms with van der Waals surface area (Å²) in [7, 11) is 0. The molecule has 2 amide bonds. The minimum atomic E-state index is 0.0621. The first-order valence-electron chi connectivity index (χ1n) is 11.2. The van der Waals surface area contributed by atoms with Crippen LogP contribution in [0, 0.1) is 0 Å². The monoisotopic (exact) mass is 421 g/mol. The second-order valence-corrected chi connectivity index (χ2v) is 8.45. The van der Waals surface area contributed by atoms with E-state index in [1.807, 2.05) is 24.3 Å². The molecule has 6 nitrogen and oxygen atoms in total. The number of aryl methyl sites for hydroxylation is 1. The van der Waals surface area contributed by atoms with Crippen molar-refractivity contribution in [2.24, 2.45) is 0 Å². The van der Waals surface area contributed by atoms with Crippen molar-refractivity contribution >= 4 is 17.5 Å². The zero-order valence-electron chi connectivity index (χ0n) is 18.1. The Kier molecular flexibility index (Phi) is 6.87. The lowest BCUT2D eigenvalue weighted by molar-refractivity contribution is -0.122. The predicted molar refractivity (Wildman–Crippen MR) is 121 cm³/mol. The van der Waals surface area contributed by atoms with Gasteiger partial charge in [-0.25, -0.2) is 0 Å². The second kappa shape index (κ2) is 9.96. The number of ether oxygens (including phenoxy) is 1. The maximum absolute atomic E-state index is 12.4. The minimum Gasteiger partial charge on any atom is -0.494 e. The van der Waals surface area contributed by atoms with Gasteiger partial charge in [0.15, 0.2) is 0 Å². The van der Waals surface area contributed by atoms with Gasteiger partial charge in [0, 0.05) is 43.7 Å². The van der Waals surface area contributed by atoms with Crippen LogP contribution in [-0.4, -0.2) is 42.5 Å². The molecule has 0 spiro atoms. The summed E-state index contributed by atoms with van der Waals surface area (Å²) in [5, 5.41) is 6.05. The van der Waals surface area contributed by atoms with E-state index in [0.717, 1.165) is 42.9 Å². The van der Waals surface area contributed by atoms with Crippen molar-refractivity contribution < 1.29 is 14.3 Å². The van der Waals surface area contributed by atoms with Gasteiger partial charge in [-0.05, 0) is 55.5 Å². The van der Waals surface area contributed by atoms with Crippen LogP contribution < -0.4 is 15.4 Å². The fraction of sp³-hybridized carbons (Fsp3) is 0.440. The molecule has 31 heavy (non-hydrogen) atoms. The molecule has 2 aliphatic heterocycles. The van der Waals surface area contributed by atoms with Gasteiger partial charge in [0.25, 0.3) is 0 Å². The standard InChI is InChI=1S/C25H31N3O3/c1-18(19-6-3-2-4-7-19)28-14-13-21(17-28)26-24(29)8-5-15-31-22-10-11-23-20(16-22)9-12-25(30)27-23/h2-4,6-7,10-11,16,18,21H,5,8-9,12-15,17H2,1H3,(H,26,29)(H,27,30). The molecule has 1 fully saturated rings. The van der Waals surface area contributed by atoms with E-state index < -0.39 is 0 Å². The van der Waals surface area contributed by atoms with Crippen LogP contribution in [0.1, 0.15) is 49.8 Å². The first kappa shape index (κ1) is 21.4. The molecule has 1 saturated heterocycles. The van der Waals surface area contributed by atoms with Crippen LogP contribution in [0.15, 0.2) is 48.5 Å². The molecule has 2 aromatic carbocycles. The number of nitrogens with one attached hydrogen (secondary N) is 2. The molecule has 2 N–H and O–H groups in total. The van der Waals surface area contributed by atoms with Gasteiger partial charge in [0.05, 0.1) is 6.61 Å². The number of nitrogens with zero attached hydrogens (tertiary/aromatic N) is 1. The zero-order valence-corrected chi connectivity index (χ0v) is 18.1. The van der Waals surface area contributed by atoms with Crippen molar-refractivity contribution in [2.45, 2.75) is 51.1 Å². The SMILES string of the molecule is CC(c1ccccc1)N1CCC(NC(=O)CCCOc2ccc3c(c2)CCC(=O)N3)C1. The summed E-state index contributed by atoms with van der Waals surface area (Å²) >= 11 is 0. The van der Waals surface area contributed by atoms with Crippen molar-refractivity contribution in [1.82, 2.24) is 10.2 Å². The van der Waals surface area contributed by atoms with E-state index in [0.29, 0.717) is 31.9 Å². The molecule has 4 rings (SSSR count). The number of rotatable bonds is 8. The highest BCUT2D eigenvalue weighted by Crippen LogP contribution is 2.27. The Morgan fingerprint density at radius 3 is 2.90 bits per heavy atom. The number of carbonyl (C=O) groups excluding carboxylic acids is 2. The van der Waals surface area contributed by atoms with E-state index >= 15 is 0 Å². The fourth-order valence-corrected chi connectivity index (χ4v) is 4.37. The highest BCUT2D eigenvalue weighted by Gasteiger charge is 2.27. The Morgan fingerprint density at radius 2 is 2.06 bits per heavy atom. The number of fused-ring (bicyclic) bond motifs is 1. The molecule has 0 aliphatic carbocycles. The first-order chi connectivity index (χ1) is 15.1. The van der Waals surface area contributed by atoms with E-state index in [4.69, 9.17) is 4.74 Å². The Bertz CT molecular complexity index is 915. The molecule has 2 aliphatic rings. The highest BCUT2D eigenvalue weighted by molar-refractivity contribution is 5.94. The Hall–Kier alpha value is -2.86. The van der Waals surface area contributed by atoms with Crippen molar-refractivity contribution in [3.05, 3.63) is 59.7 Å². The lowest BCUT2D eigenvalue weighted by atomic mass is 10.0. The first-order valence-corrected chi connectivity index (χ1v) is 11.2. The van der Waals surface area contributed by atoms with Gasteiger partial charge in [0.1, 0.15) is 5.75 Å². The summed E-state index contributed by atoms with van der Waals surface area (Å²) in [6.07, 6.45) is 3.38. The fourth-order valence-electron chi connectivity index (χ4n) is 4.37. The normalized spacial score (nSPS) is 19.4. The van der Waals surface area contributed by atoms with Crippen LogP contribution in [0.5, 0.6) is 5.75 Å².